The van der Waals surface area contributed by atoms with E-state index in [1.54, 1.807) is 6.92 Å². The molecule has 8 nitrogen and oxygen atoms in total. The highest BCUT2D eigenvalue weighted by molar-refractivity contribution is 5.94. The van der Waals surface area contributed by atoms with Gasteiger partial charge in [0.05, 0.1) is 41.8 Å². The molecule has 46 heavy (non-hydrogen) atoms. The standard InChI is InChI=1S/C35H41N5O.C3H6O2/c1-22(2)34-25(5)40(32-19-18-30(36-24(32)4)26-16-14-23(3)15-17-26)38-35(34)28-12-9-13-31-29(28)20-39(37-31)21-33(41)27-10-7-6-8-11-27;1-2-5-3-4/h6-13,18-20,22-23,26,33,41H,14-17,21H2,1-5H3;3H,2H2,1H3. The Labute approximate surface area is 272 Å². The van der Waals surface area contributed by atoms with Crippen LogP contribution in [0.3, 0.4) is 0 Å². The van der Waals surface area contributed by atoms with Gasteiger partial charge in [0, 0.05) is 40.0 Å². The summed E-state index contributed by atoms with van der Waals surface area (Å²) in [6, 6.07) is 20.4. The Hall–Kier alpha value is -4.30. The first-order chi connectivity index (χ1) is 22.2. The summed E-state index contributed by atoms with van der Waals surface area (Å²) in [4.78, 5) is 14.3. The number of ether oxygens (including phenoxy) is 1. The van der Waals surface area contributed by atoms with E-state index in [1.165, 1.54) is 36.9 Å². The average Bonchev–Trinajstić information content (AvgIpc) is 3.62. The van der Waals surface area contributed by atoms with Crippen molar-refractivity contribution in [3.63, 3.8) is 0 Å². The fourth-order valence-corrected chi connectivity index (χ4v) is 6.64. The number of aliphatic hydroxyl groups is 1. The second kappa shape index (κ2) is 14.9. The van der Waals surface area contributed by atoms with E-state index in [2.05, 4.69) is 62.2 Å². The Balaban J connectivity index is 0.000000775. The second-order valence-corrected chi connectivity index (χ2v) is 12.8. The predicted octanol–water partition coefficient (Wildman–Crippen LogP) is 8.23. The quantitative estimate of drug-likeness (QED) is 0.167. The monoisotopic (exact) mass is 621 g/mol. The molecule has 1 fully saturated rings. The van der Waals surface area contributed by atoms with Crippen molar-refractivity contribution in [3.8, 4) is 16.9 Å². The van der Waals surface area contributed by atoms with Gasteiger partial charge < -0.3 is 9.84 Å². The van der Waals surface area contributed by atoms with Gasteiger partial charge in [-0.25, -0.2) is 4.68 Å². The fourth-order valence-electron chi connectivity index (χ4n) is 6.64. The molecule has 1 aliphatic carbocycles. The van der Waals surface area contributed by atoms with Crippen LogP contribution in [-0.2, 0) is 16.1 Å². The number of carbonyl (C=O) groups excluding carboxylic acids is 1. The third-order valence-corrected chi connectivity index (χ3v) is 9.11. The van der Waals surface area contributed by atoms with E-state index >= 15 is 0 Å². The zero-order valence-corrected chi connectivity index (χ0v) is 28.0. The highest BCUT2D eigenvalue weighted by Gasteiger charge is 2.25. The van der Waals surface area contributed by atoms with Gasteiger partial charge in [-0.2, -0.15) is 10.2 Å². The molecular formula is C38H47N5O3. The Kier molecular flexibility index (Phi) is 10.7. The molecule has 0 aliphatic heterocycles. The lowest BCUT2D eigenvalue weighted by Gasteiger charge is -2.26. The van der Waals surface area contributed by atoms with Crippen molar-refractivity contribution >= 4 is 17.4 Å². The van der Waals surface area contributed by atoms with Crippen LogP contribution in [0.4, 0.5) is 0 Å². The maximum Gasteiger partial charge on any atom is 0.293 e. The number of benzene rings is 2. The van der Waals surface area contributed by atoms with Crippen LogP contribution in [0.25, 0.3) is 27.8 Å². The topological polar surface area (TPSA) is 95.1 Å². The van der Waals surface area contributed by atoms with Gasteiger partial charge in [0.2, 0.25) is 0 Å². The maximum atomic E-state index is 10.8. The first-order valence-corrected chi connectivity index (χ1v) is 16.5. The molecule has 2 aromatic carbocycles. The smallest absolute Gasteiger partial charge is 0.293 e. The zero-order chi connectivity index (χ0) is 32.8. The molecule has 1 N–H and O–H groups in total. The highest BCUT2D eigenvalue weighted by Crippen LogP contribution is 2.38. The van der Waals surface area contributed by atoms with Crippen molar-refractivity contribution < 1.29 is 14.6 Å². The summed E-state index contributed by atoms with van der Waals surface area (Å²) in [6.07, 6.45) is 6.46. The van der Waals surface area contributed by atoms with Gasteiger partial charge in [-0.15, -0.1) is 0 Å². The molecule has 3 aromatic heterocycles. The first-order valence-electron chi connectivity index (χ1n) is 16.5. The molecule has 1 atom stereocenters. The van der Waals surface area contributed by atoms with E-state index in [-0.39, 0.29) is 0 Å². The maximum absolute atomic E-state index is 10.8. The van der Waals surface area contributed by atoms with E-state index in [9.17, 15) is 9.90 Å². The summed E-state index contributed by atoms with van der Waals surface area (Å²) in [5, 5.41) is 21.9. The number of aromatic nitrogens is 5. The van der Waals surface area contributed by atoms with Gasteiger partial charge >= 0.3 is 0 Å². The number of hydrogen-bond acceptors (Lipinski definition) is 6. The molecule has 0 saturated heterocycles. The van der Waals surface area contributed by atoms with Gasteiger partial charge in [-0.05, 0) is 69.2 Å². The van der Waals surface area contributed by atoms with Gasteiger partial charge in [0.15, 0.2) is 0 Å². The molecule has 0 radical (unpaired) electrons. The molecule has 242 valence electrons. The number of hydrogen-bond donors (Lipinski definition) is 1. The van der Waals surface area contributed by atoms with Crippen molar-refractivity contribution in [1.29, 1.82) is 0 Å². The number of nitrogens with zero attached hydrogens (tertiary/aromatic N) is 5. The van der Waals surface area contributed by atoms with Crippen molar-refractivity contribution in [2.24, 2.45) is 5.92 Å². The molecule has 8 heteroatoms. The third kappa shape index (κ3) is 7.23. The lowest BCUT2D eigenvalue weighted by molar-refractivity contribution is -0.128. The summed E-state index contributed by atoms with van der Waals surface area (Å²) in [5.41, 5.74) is 9.49. The Morgan fingerprint density at radius 1 is 0.978 bits per heavy atom. The summed E-state index contributed by atoms with van der Waals surface area (Å²) in [5.74, 6) is 1.69. The predicted molar refractivity (Wildman–Crippen MR) is 183 cm³/mol. The lowest BCUT2D eigenvalue weighted by Crippen LogP contribution is -2.13. The molecule has 0 amide bonds. The van der Waals surface area contributed by atoms with Gasteiger partial charge in [-0.1, -0.05) is 76.1 Å². The molecule has 0 spiro atoms. The van der Waals surface area contributed by atoms with Gasteiger partial charge in [0.25, 0.3) is 6.47 Å². The molecule has 1 unspecified atom stereocenters. The van der Waals surface area contributed by atoms with Crippen LogP contribution in [0.15, 0.2) is 66.9 Å². The molecule has 3 heterocycles. The van der Waals surface area contributed by atoms with Crippen LogP contribution >= 0.6 is 0 Å². The van der Waals surface area contributed by atoms with Crippen LogP contribution < -0.4 is 0 Å². The summed E-state index contributed by atoms with van der Waals surface area (Å²) in [6.45, 7) is 14.2. The molecule has 0 bridgehead atoms. The van der Waals surface area contributed by atoms with Crippen LogP contribution in [0, 0.1) is 19.8 Å². The highest BCUT2D eigenvalue weighted by atomic mass is 16.5. The second-order valence-electron chi connectivity index (χ2n) is 12.8. The first kappa shape index (κ1) is 33.1. The summed E-state index contributed by atoms with van der Waals surface area (Å²) >= 11 is 0. The lowest BCUT2D eigenvalue weighted by atomic mass is 9.81. The third-order valence-electron chi connectivity index (χ3n) is 9.11. The molecule has 1 aliphatic rings. The number of fused-ring (bicyclic) bond motifs is 1. The fraction of sp³-hybridized carbons (Fsp3) is 0.421. The molecule has 6 rings (SSSR count). The van der Waals surface area contributed by atoms with E-state index in [4.69, 9.17) is 15.2 Å². The van der Waals surface area contributed by atoms with Crippen LogP contribution in [-0.4, -0.2) is 42.7 Å². The van der Waals surface area contributed by atoms with Crippen LogP contribution in [0.2, 0.25) is 0 Å². The Morgan fingerprint density at radius 2 is 1.72 bits per heavy atom. The Bertz CT molecular complexity index is 1750. The van der Waals surface area contributed by atoms with Crippen molar-refractivity contribution in [1.82, 2.24) is 24.5 Å². The van der Waals surface area contributed by atoms with Crippen LogP contribution in [0.1, 0.15) is 99.5 Å². The average molecular weight is 622 g/mol. The number of pyridine rings is 1. The largest absolute Gasteiger partial charge is 0.468 e. The molecule has 5 aromatic rings. The van der Waals surface area contributed by atoms with E-state index in [1.807, 2.05) is 53.3 Å². The molecule has 1 saturated carbocycles. The van der Waals surface area contributed by atoms with Crippen molar-refractivity contribution in [2.75, 3.05) is 6.61 Å². The van der Waals surface area contributed by atoms with Gasteiger partial charge in [-0.3, -0.25) is 14.5 Å². The van der Waals surface area contributed by atoms with Crippen molar-refractivity contribution in [3.05, 3.63) is 95.1 Å². The molecular weight excluding hydrogens is 574 g/mol. The van der Waals surface area contributed by atoms with E-state index in [0.29, 0.717) is 31.5 Å². The summed E-state index contributed by atoms with van der Waals surface area (Å²) < 4.78 is 8.09. The SMILES string of the molecule is CCOC=O.Cc1nc(C2CCC(C)CC2)ccc1-n1nc(-c2cccc3nn(CC(O)c4ccccc4)cc23)c(C(C)C)c1C. The van der Waals surface area contributed by atoms with E-state index < -0.39 is 6.10 Å². The van der Waals surface area contributed by atoms with Gasteiger partial charge in [0.1, 0.15) is 0 Å². The zero-order valence-electron chi connectivity index (χ0n) is 28.0. The van der Waals surface area contributed by atoms with Crippen LogP contribution in [0.5, 0.6) is 0 Å². The summed E-state index contributed by atoms with van der Waals surface area (Å²) in [7, 11) is 0. The van der Waals surface area contributed by atoms with E-state index in [0.717, 1.165) is 50.7 Å². The number of rotatable bonds is 9. The minimum Gasteiger partial charge on any atom is -0.468 e. The number of aliphatic hydroxyl groups excluding tert-OH is 1. The minimum absolute atomic E-state index is 0.292. The normalized spacial score (nSPS) is 17.0. The number of aryl methyl sites for hydroxylation is 1. The number of carbonyl (C=O) groups is 1. The Morgan fingerprint density at radius 3 is 2.35 bits per heavy atom. The van der Waals surface area contributed by atoms with Crippen molar-refractivity contribution in [2.45, 2.75) is 91.7 Å². The minimum atomic E-state index is -0.628.